The molecule has 5 rings (SSSR count). The molecule has 7 nitrogen and oxygen atoms in total. The van der Waals surface area contributed by atoms with Gasteiger partial charge in [0.1, 0.15) is 11.6 Å². The normalized spacial score (nSPS) is 14.9. The maximum absolute atomic E-state index is 13.2. The number of pyridine rings is 1. The van der Waals surface area contributed by atoms with E-state index in [0.29, 0.717) is 36.8 Å². The summed E-state index contributed by atoms with van der Waals surface area (Å²) >= 11 is 0. The molecule has 2 N–H and O–H groups in total. The highest BCUT2D eigenvalue weighted by molar-refractivity contribution is 5.98. The molecule has 1 aliphatic heterocycles. The summed E-state index contributed by atoms with van der Waals surface area (Å²) in [5.74, 6) is 1.27. The molecule has 0 unspecified atom stereocenters. The van der Waals surface area contributed by atoms with E-state index in [2.05, 4.69) is 25.9 Å². The number of carbonyl (C=O) groups excluding carboxylic acids is 1. The number of piperazine rings is 1. The Labute approximate surface area is 186 Å². The molecular formula is C25H26N6O. The molecule has 0 radical (unpaired) electrons. The van der Waals surface area contributed by atoms with E-state index in [1.807, 2.05) is 61.2 Å². The third-order valence-electron chi connectivity index (χ3n) is 6.09. The van der Waals surface area contributed by atoms with Gasteiger partial charge in [-0.3, -0.25) is 14.7 Å². The summed E-state index contributed by atoms with van der Waals surface area (Å²) in [7, 11) is 0. The van der Waals surface area contributed by atoms with Crippen LogP contribution in [0.3, 0.4) is 0 Å². The number of nitrogens with zero attached hydrogens (tertiary/aromatic N) is 5. The molecule has 0 atom stereocenters. The van der Waals surface area contributed by atoms with Crippen LogP contribution in [0.5, 0.6) is 0 Å². The fourth-order valence-corrected chi connectivity index (χ4v) is 4.31. The number of aryl methyl sites for hydroxylation is 2. The van der Waals surface area contributed by atoms with Gasteiger partial charge >= 0.3 is 0 Å². The summed E-state index contributed by atoms with van der Waals surface area (Å²) in [5.41, 5.74) is 10.5. The average Bonchev–Trinajstić information content (AvgIpc) is 2.79. The Bertz CT molecular complexity index is 1330. The van der Waals surface area contributed by atoms with E-state index in [1.54, 1.807) is 0 Å². The number of amides is 1. The molecule has 2 aromatic carbocycles. The monoisotopic (exact) mass is 426 g/mol. The number of para-hydroxylation sites is 1. The summed E-state index contributed by atoms with van der Waals surface area (Å²) in [6, 6.07) is 15.9. The minimum atomic E-state index is 0.0456. The lowest BCUT2D eigenvalue weighted by Gasteiger charge is -2.34. The van der Waals surface area contributed by atoms with Gasteiger partial charge < -0.3 is 10.6 Å². The Balaban J connectivity index is 1.28. The maximum Gasteiger partial charge on any atom is 0.255 e. The fraction of sp³-hybridized carbons (Fsp3) is 0.280. The summed E-state index contributed by atoms with van der Waals surface area (Å²) < 4.78 is 0. The van der Waals surface area contributed by atoms with Crippen LogP contribution in [0, 0.1) is 13.8 Å². The summed E-state index contributed by atoms with van der Waals surface area (Å²) in [5, 5.41) is 1.88. The van der Waals surface area contributed by atoms with Crippen molar-refractivity contribution in [3.8, 4) is 0 Å². The number of carbonyl (C=O) groups is 1. The first-order valence-corrected chi connectivity index (χ1v) is 10.9. The number of hydrogen-bond donors (Lipinski definition) is 1. The third-order valence-corrected chi connectivity index (χ3v) is 6.09. The smallest absolute Gasteiger partial charge is 0.255 e. The van der Waals surface area contributed by atoms with Crippen LogP contribution in [0.2, 0.25) is 0 Å². The van der Waals surface area contributed by atoms with Crippen molar-refractivity contribution in [3.05, 3.63) is 71.2 Å². The van der Waals surface area contributed by atoms with Crippen molar-refractivity contribution in [2.24, 2.45) is 0 Å². The Kier molecular flexibility index (Phi) is 5.19. The van der Waals surface area contributed by atoms with Gasteiger partial charge in [-0.05, 0) is 44.2 Å². The van der Waals surface area contributed by atoms with Crippen LogP contribution in [0.25, 0.3) is 21.8 Å². The number of nitrogens with two attached hydrogens (primary N) is 1. The van der Waals surface area contributed by atoms with Gasteiger partial charge in [-0.15, -0.1) is 0 Å². The second-order valence-electron chi connectivity index (χ2n) is 8.43. The van der Waals surface area contributed by atoms with Crippen molar-refractivity contribution in [3.63, 3.8) is 0 Å². The minimum absolute atomic E-state index is 0.0456. The molecule has 0 aliphatic carbocycles. The number of anilines is 1. The van der Waals surface area contributed by atoms with Crippen LogP contribution in [0.4, 0.5) is 5.82 Å². The lowest BCUT2D eigenvalue weighted by Crippen LogP contribution is -2.48. The van der Waals surface area contributed by atoms with Crippen molar-refractivity contribution < 1.29 is 4.79 Å². The number of rotatable bonds is 3. The third kappa shape index (κ3) is 3.87. The van der Waals surface area contributed by atoms with E-state index >= 15 is 0 Å². The van der Waals surface area contributed by atoms with Crippen molar-refractivity contribution >= 4 is 33.5 Å². The molecule has 1 fully saturated rings. The number of nitrogen functional groups attached to an aromatic ring is 1. The topological polar surface area (TPSA) is 88.2 Å². The van der Waals surface area contributed by atoms with Gasteiger partial charge in [0.25, 0.3) is 5.91 Å². The van der Waals surface area contributed by atoms with Gasteiger partial charge in [0, 0.05) is 37.0 Å². The molecule has 0 spiro atoms. The van der Waals surface area contributed by atoms with Gasteiger partial charge in [-0.2, -0.15) is 0 Å². The number of fused-ring (bicyclic) bond motifs is 2. The highest BCUT2D eigenvalue weighted by Gasteiger charge is 2.24. The van der Waals surface area contributed by atoms with Gasteiger partial charge in [-0.25, -0.2) is 9.97 Å². The molecule has 2 aromatic heterocycles. The van der Waals surface area contributed by atoms with E-state index in [0.717, 1.165) is 46.2 Å². The largest absolute Gasteiger partial charge is 0.383 e. The standard InChI is InChI=1S/C25H26N6O/c1-16-7-8-21-18(13-16)14-20(17(2)27-21)25(32)31-11-9-30(10-12-31)15-23-28-22-6-4-3-5-19(22)24(26)29-23/h3-8,13-14H,9-12,15H2,1-2H3,(H2,26,28,29). The van der Waals surface area contributed by atoms with E-state index in [4.69, 9.17) is 5.73 Å². The Morgan fingerprint density at radius 1 is 0.938 bits per heavy atom. The van der Waals surface area contributed by atoms with Crippen molar-refractivity contribution in [1.82, 2.24) is 24.8 Å². The van der Waals surface area contributed by atoms with Gasteiger partial charge in [0.2, 0.25) is 0 Å². The Morgan fingerprint density at radius 2 is 1.72 bits per heavy atom. The Hall–Kier alpha value is -3.58. The quantitative estimate of drug-likeness (QED) is 0.541. The van der Waals surface area contributed by atoms with Crippen molar-refractivity contribution in [1.29, 1.82) is 0 Å². The molecule has 0 saturated carbocycles. The number of hydrogen-bond acceptors (Lipinski definition) is 6. The van der Waals surface area contributed by atoms with Crippen LogP contribution < -0.4 is 5.73 Å². The summed E-state index contributed by atoms with van der Waals surface area (Å²) in [6.07, 6.45) is 0. The van der Waals surface area contributed by atoms with Gasteiger partial charge in [-0.1, -0.05) is 23.8 Å². The highest BCUT2D eigenvalue weighted by Crippen LogP contribution is 2.21. The van der Waals surface area contributed by atoms with Crippen LogP contribution in [0.15, 0.2) is 48.5 Å². The van der Waals surface area contributed by atoms with Gasteiger partial charge in [0.05, 0.1) is 28.8 Å². The molecule has 162 valence electrons. The second kappa shape index (κ2) is 8.16. The molecule has 0 bridgehead atoms. The van der Waals surface area contributed by atoms with Crippen LogP contribution >= 0.6 is 0 Å². The summed E-state index contributed by atoms with van der Waals surface area (Å²) in [4.78, 5) is 31.2. The van der Waals surface area contributed by atoms with E-state index < -0.39 is 0 Å². The van der Waals surface area contributed by atoms with Crippen LogP contribution in [-0.4, -0.2) is 56.8 Å². The molecule has 4 aromatic rings. The van der Waals surface area contributed by atoms with E-state index in [9.17, 15) is 4.79 Å². The van der Waals surface area contributed by atoms with Crippen LogP contribution in [-0.2, 0) is 6.54 Å². The molecule has 1 aliphatic rings. The number of benzene rings is 2. The predicted molar refractivity (Wildman–Crippen MR) is 126 cm³/mol. The first kappa shape index (κ1) is 20.3. The Morgan fingerprint density at radius 3 is 2.53 bits per heavy atom. The van der Waals surface area contributed by atoms with Crippen molar-refractivity contribution in [2.45, 2.75) is 20.4 Å². The predicted octanol–water partition coefficient (Wildman–Crippen LogP) is 3.34. The molecule has 32 heavy (non-hydrogen) atoms. The average molecular weight is 427 g/mol. The van der Waals surface area contributed by atoms with E-state index in [-0.39, 0.29) is 5.91 Å². The lowest BCUT2D eigenvalue weighted by atomic mass is 10.1. The minimum Gasteiger partial charge on any atom is -0.383 e. The zero-order valence-electron chi connectivity index (χ0n) is 18.4. The fourth-order valence-electron chi connectivity index (χ4n) is 4.31. The maximum atomic E-state index is 13.2. The highest BCUT2D eigenvalue weighted by atomic mass is 16.2. The molecule has 3 heterocycles. The SMILES string of the molecule is Cc1ccc2nc(C)c(C(=O)N3CCN(Cc4nc(N)c5ccccc5n4)CC3)cc2c1. The zero-order valence-corrected chi connectivity index (χ0v) is 18.4. The van der Waals surface area contributed by atoms with Gasteiger partial charge in [0.15, 0.2) is 0 Å². The lowest BCUT2D eigenvalue weighted by molar-refractivity contribution is 0.0624. The van der Waals surface area contributed by atoms with Crippen LogP contribution in [0.1, 0.15) is 27.4 Å². The molecule has 1 saturated heterocycles. The first-order valence-electron chi connectivity index (χ1n) is 10.9. The van der Waals surface area contributed by atoms with Crippen molar-refractivity contribution in [2.75, 3.05) is 31.9 Å². The molecular weight excluding hydrogens is 400 g/mol. The number of aromatic nitrogens is 3. The molecule has 1 amide bonds. The zero-order chi connectivity index (χ0) is 22.2. The second-order valence-corrected chi connectivity index (χ2v) is 8.43. The summed E-state index contributed by atoms with van der Waals surface area (Å²) in [6.45, 7) is 7.42. The molecule has 7 heteroatoms. The first-order chi connectivity index (χ1) is 15.5. The van der Waals surface area contributed by atoms with E-state index in [1.165, 1.54) is 0 Å².